The van der Waals surface area contributed by atoms with E-state index in [1.54, 1.807) is 0 Å². The van der Waals surface area contributed by atoms with E-state index in [-0.39, 0.29) is 18.2 Å². The van der Waals surface area contributed by atoms with Crippen molar-refractivity contribution in [2.75, 3.05) is 6.61 Å². The van der Waals surface area contributed by atoms with Crippen LogP contribution in [0.5, 0.6) is 0 Å². The molecule has 0 aromatic carbocycles. The SMILES string of the molecule is CCC(O)COC1CCCC1N. The molecule has 1 saturated carbocycles. The first-order valence-electron chi connectivity index (χ1n) is 4.79. The Labute approximate surface area is 73.9 Å². The molecule has 0 spiro atoms. The molecule has 3 nitrogen and oxygen atoms in total. The Hall–Kier alpha value is -0.120. The average molecular weight is 173 g/mol. The van der Waals surface area contributed by atoms with Crippen molar-refractivity contribution in [1.82, 2.24) is 0 Å². The van der Waals surface area contributed by atoms with Gasteiger partial charge in [0.1, 0.15) is 0 Å². The molecule has 3 atom stereocenters. The summed E-state index contributed by atoms with van der Waals surface area (Å²) in [5.74, 6) is 0. The monoisotopic (exact) mass is 173 g/mol. The number of aliphatic hydroxyl groups excluding tert-OH is 1. The fraction of sp³-hybridized carbons (Fsp3) is 1.00. The van der Waals surface area contributed by atoms with Crippen molar-refractivity contribution in [2.45, 2.75) is 50.9 Å². The second kappa shape index (κ2) is 4.80. The van der Waals surface area contributed by atoms with Gasteiger partial charge in [0.25, 0.3) is 0 Å². The molecule has 0 saturated heterocycles. The number of aliphatic hydroxyl groups is 1. The van der Waals surface area contributed by atoms with Crippen LogP contribution in [-0.2, 0) is 4.74 Å². The van der Waals surface area contributed by atoms with Gasteiger partial charge in [-0.05, 0) is 25.7 Å². The molecule has 12 heavy (non-hydrogen) atoms. The van der Waals surface area contributed by atoms with Gasteiger partial charge in [0.2, 0.25) is 0 Å². The van der Waals surface area contributed by atoms with E-state index < -0.39 is 0 Å². The van der Waals surface area contributed by atoms with Crippen LogP contribution in [0.2, 0.25) is 0 Å². The third kappa shape index (κ3) is 2.73. The third-order valence-corrected chi connectivity index (χ3v) is 2.48. The van der Waals surface area contributed by atoms with Crippen LogP contribution in [0, 0.1) is 0 Å². The third-order valence-electron chi connectivity index (χ3n) is 2.48. The normalized spacial score (nSPS) is 32.2. The molecule has 1 rings (SSSR count). The van der Waals surface area contributed by atoms with E-state index in [4.69, 9.17) is 10.5 Å². The van der Waals surface area contributed by atoms with Gasteiger partial charge in [-0.2, -0.15) is 0 Å². The summed E-state index contributed by atoms with van der Waals surface area (Å²) < 4.78 is 5.49. The molecule has 1 fully saturated rings. The van der Waals surface area contributed by atoms with E-state index in [1.165, 1.54) is 0 Å². The molecule has 1 aliphatic rings. The average Bonchev–Trinajstić information content (AvgIpc) is 2.47. The number of hydrogen-bond donors (Lipinski definition) is 2. The van der Waals surface area contributed by atoms with E-state index >= 15 is 0 Å². The molecule has 0 aliphatic heterocycles. The number of ether oxygens (including phenoxy) is 1. The Bertz CT molecular complexity index is 130. The zero-order chi connectivity index (χ0) is 8.97. The highest BCUT2D eigenvalue weighted by Gasteiger charge is 2.24. The predicted molar refractivity (Wildman–Crippen MR) is 47.9 cm³/mol. The fourth-order valence-electron chi connectivity index (χ4n) is 1.51. The lowest BCUT2D eigenvalue weighted by Crippen LogP contribution is -2.33. The van der Waals surface area contributed by atoms with Crippen LogP contribution in [-0.4, -0.2) is 30.0 Å². The Balaban J connectivity index is 2.13. The Morgan fingerprint density at radius 2 is 2.33 bits per heavy atom. The van der Waals surface area contributed by atoms with Gasteiger partial charge in [0, 0.05) is 6.04 Å². The largest absolute Gasteiger partial charge is 0.391 e. The smallest absolute Gasteiger partial charge is 0.0771 e. The minimum atomic E-state index is -0.321. The summed E-state index contributed by atoms with van der Waals surface area (Å²) >= 11 is 0. The van der Waals surface area contributed by atoms with Crippen molar-refractivity contribution in [2.24, 2.45) is 5.73 Å². The summed E-state index contributed by atoms with van der Waals surface area (Å²) in [5.41, 5.74) is 5.80. The van der Waals surface area contributed by atoms with Crippen molar-refractivity contribution in [3.05, 3.63) is 0 Å². The van der Waals surface area contributed by atoms with Crippen molar-refractivity contribution in [1.29, 1.82) is 0 Å². The van der Waals surface area contributed by atoms with Crippen LogP contribution in [0.1, 0.15) is 32.6 Å². The van der Waals surface area contributed by atoms with Gasteiger partial charge in [0.05, 0.1) is 18.8 Å². The minimum absolute atomic E-state index is 0.186. The summed E-state index contributed by atoms with van der Waals surface area (Å²) in [5, 5.41) is 9.24. The first-order chi connectivity index (χ1) is 5.74. The van der Waals surface area contributed by atoms with Crippen molar-refractivity contribution in [3.8, 4) is 0 Å². The Kier molecular flexibility index (Phi) is 3.98. The van der Waals surface area contributed by atoms with Crippen molar-refractivity contribution >= 4 is 0 Å². The molecule has 0 heterocycles. The van der Waals surface area contributed by atoms with Gasteiger partial charge >= 0.3 is 0 Å². The highest BCUT2D eigenvalue weighted by atomic mass is 16.5. The van der Waals surface area contributed by atoms with Gasteiger partial charge in [-0.25, -0.2) is 0 Å². The quantitative estimate of drug-likeness (QED) is 0.656. The number of rotatable bonds is 4. The molecule has 3 unspecified atom stereocenters. The zero-order valence-electron chi connectivity index (χ0n) is 7.70. The van der Waals surface area contributed by atoms with Gasteiger partial charge in [-0.1, -0.05) is 6.92 Å². The summed E-state index contributed by atoms with van der Waals surface area (Å²) in [6.07, 6.45) is 3.89. The van der Waals surface area contributed by atoms with Crippen LogP contribution in [0.4, 0.5) is 0 Å². The number of hydrogen-bond acceptors (Lipinski definition) is 3. The van der Waals surface area contributed by atoms with Gasteiger partial charge in [-0.3, -0.25) is 0 Å². The van der Waals surface area contributed by atoms with Crippen LogP contribution >= 0.6 is 0 Å². The molecule has 3 heteroatoms. The maximum Gasteiger partial charge on any atom is 0.0771 e. The highest BCUT2D eigenvalue weighted by molar-refractivity contribution is 4.80. The van der Waals surface area contributed by atoms with Gasteiger partial charge in [-0.15, -0.1) is 0 Å². The molecular weight excluding hydrogens is 154 g/mol. The molecule has 0 radical (unpaired) electrons. The molecule has 72 valence electrons. The molecule has 1 aliphatic carbocycles. The molecular formula is C9H19NO2. The van der Waals surface area contributed by atoms with Crippen molar-refractivity contribution < 1.29 is 9.84 Å². The van der Waals surface area contributed by atoms with Crippen LogP contribution in [0.15, 0.2) is 0 Å². The summed E-state index contributed by atoms with van der Waals surface area (Å²) in [6, 6.07) is 0.189. The van der Waals surface area contributed by atoms with E-state index in [9.17, 15) is 5.11 Å². The zero-order valence-corrected chi connectivity index (χ0v) is 7.70. The first kappa shape index (κ1) is 9.96. The molecule has 0 bridgehead atoms. The second-order valence-corrected chi connectivity index (χ2v) is 3.53. The summed E-state index contributed by atoms with van der Waals surface area (Å²) in [4.78, 5) is 0. The van der Waals surface area contributed by atoms with E-state index in [0.717, 1.165) is 25.7 Å². The fourth-order valence-corrected chi connectivity index (χ4v) is 1.51. The highest BCUT2D eigenvalue weighted by Crippen LogP contribution is 2.20. The van der Waals surface area contributed by atoms with Gasteiger partial charge in [0.15, 0.2) is 0 Å². The lowest BCUT2D eigenvalue weighted by atomic mass is 10.2. The Morgan fingerprint density at radius 1 is 1.58 bits per heavy atom. The van der Waals surface area contributed by atoms with Gasteiger partial charge < -0.3 is 15.6 Å². The van der Waals surface area contributed by atoms with Crippen LogP contribution in [0.25, 0.3) is 0 Å². The van der Waals surface area contributed by atoms with E-state index in [0.29, 0.717) is 6.61 Å². The second-order valence-electron chi connectivity index (χ2n) is 3.53. The molecule has 0 aromatic heterocycles. The van der Waals surface area contributed by atoms with Crippen LogP contribution < -0.4 is 5.73 Å². The minimum Gasteiger partial charge on any atom is -0.391 e. The summed E-state index contributed by atoms with van der Waals surface area (Å²) in [7, 11) is 0. The maximum absolute atomic E-state index is 9.24. The van der Waals surface area contributed by atoms with E-state index in [1.807, 2.05) is 6.92 Å². The van der Waals surface area contributed by atoms with Crippen molar-refractivity contribution in [3.63, 3.8) is 0 Å². The van der Waals surface area contributed by atoms with Crippen LogP contribution in [0.3, 0.4) is 0 Å². The topological polar surface area (TPSA) is 55.5 Å². The Morgan fingerprint density at radius 3 is 2.83 bits per heavy atom. The number of nitrogens with two attached hydrogens (primary N) is 1. The first-order valence-corrected chi connectivity index (χ1v) is 4.79. The molecule has 0 aromatic rings. The standard InChI is InChI=1S/C9H19NO2/c1-2-7(11)6-12-9-5-3-4-8(9)10/h7-9,11H,2-6,10H2,1H3. The lowest BCUT2D eigenvalue weighted by molar-refractivity contribution is -0.0129. The predicted octanol–water partition coefficient (Wildman–Crippen LogP) is 0.654. The summed E-state index contributed by atoms with van der Waals surface area (Å²) in [6.45, 7) is 2.39. The molecule has 0 amide bonds. The molecule has 3 N–H and O–H groups in total. The lowest BCUT2D eigenvalue weighted by Gasteiger charge is -2.18. The van der Waals surface area contributed by atoms with E-state index in [2.05, 4.69) is 0 Å². The maximum atomic E-state index is 9.24.